The largest absolute Gasteiger partial charge is 0.468 e. The van der Waals surface area contributed by atoms with Crippen LogP contribution >= 0.6 is 0 Å². The first-order valence-corrected chi connectivity index (χ1v) is 12.3. The Labute approximate surface area is 182 Å². The van der Waals surface area contributed by atoms with Crippen molar-refractivity contribution in [1.29, 1.82) is 0 Å². The Morgan fingerprint density at radius 1 is 1.00 bits per heavy atom. The van der Waals surface area contributed by atoms with Gasteiger partial charge in [0.15, 0.2) is 0 Å². The monoisotopic (exact) mass is 412 g/mol. The highest BCUT2D eigenvalue weighted by Crippen LogP contribution is 2.72. The Bertz CT molecular complexity index is 852. The van der Waals surface area contributed by atoms with Crippen molar-refractivity contribution in [3.8, 4) is 0 Å². The highest BCUT2D eigenvalue weighted by Gasteiger charge is 2.68. The Hall–Kier alpha value is -1.25. The smallest absolute Gasteiger partial charge is 0.302 e. The van der Waals surface area contributed by atoms with Crippen LogP contribution in [0.2, 0.25) is 0 Å². The summed E-state index contributed by atoms with van der Waals surface area (Å²) in [5.41, 5.74) is 2.12. The van der Waals surface area contributed by atoms with Crippen molar-refractivity contribution in [3.05, 3.63) is 23.7 Å². The molecule has 3 heteroatoms. The Balaban J connectivity index is 1.64. The Morgan fingerprint density at radius 2 is 1.73 bits per heavy atom. The van der Waals surface area contributed by atoms with Gasteiger partial charge in [0.05, 0.1) is 11.7 Å². The molecule has 3 fully saturated rings. The summed E-state index contributed by atoms with van der Waals surface area (Å²) in [7, 11) is 0. The van der Waals surface area contributed by atoms with Gasteiger partial charge in [-0.25, -0.2) is 0 Å². The van der Waals surface area contributed by atoms with E-state index in [1.165, 1.54) is 44.1 Å². The third-order valence-corrected chi connectivity index (χ3v) is 10.7. The SMILES string of the molecule is CC(=O)O[C@H]1CC2[C@@]3(C)CCCC(C)(C)C3CC[C@@]2(C)C2CCc3ccoc3[C@]21C. The van der Waals surface area contributed by atoms with E-state index >= 15 is 0 Å². The second-order valence-corrected chi connectivity index (χ2v) is 12.5. The van der Waals surface area contributed by atoms with Gasteiger partial charge in [-0.15, -0.1) is 0 Å². The number of hydrogen-bond acceptors (Lipinski definition) is 3. The van der Waals surface area contributed by atoms with E-state index in [-0.39, 0.29) is 22.9 Å². The molecule has 5 rings (SSSR count). The van der Waals surface area contributed by atoms with Gasteiger partial charge in [-0.05, 0) is 97.5 Å². The molecule has 0 radical (unpaired) electrons. The van der Waals surface area contributed by atoms with Gasteiger partial charge in [-0.2, -0.15) is 0 Å². The van der Waals surface area contributed by atoms with Crippen molar-refractivity contribution in [2.75, 3.05) is 0 Å². The standard InChI is InChI=1S/C27H40O3/c1-17(28)30-22-16-21-25(4)13-7-12-24(2,3)19(25)10-14-26(21,5)20-9-8-18-11-15-29-23(18)27(20,22)6/h11,15,19-22H,7-10,12-14,16H2,1-6H3/t19?,20?,21?,22-,25-,26-,27+/m0/s1. The van der Waals surface area contributed by atoms with Crippen LogP contribution in [0.1, 0.15) is 97.8 Å². The molecular weight excluding hydrogens is 372 g/mol. The van der Waals surface area contributed by atoms with Crippen molar-refractivity contribution in [1.82, 2.24) is 0 Å². The lowest BCUT2D eigenvalue weighted by molar-refractivity contribution is -0.218. The van der Waals surface area contributed by atoms with Crippen molar-refractivity contribution in [2.45, 2.75) is 104 Å². The molecule has 0 saturated heterocycles. The van der Waals surface area contributed by atoms with E-state index in [2.05, 4.69) is 40.7 Å². The average molecular weight is 413 g/mol. The number of ether oxygens (including phenoxy) is 1. The number of carbonyl (C=O) groups excluding carboxylic acids is 1. The molecule has 7 atom stereocenters. The van der Waals surface area contributed by atoms with Crippen LogP contribution in [0.5, 0.6) is 0 Å². The lowest BCUT2D eigenvalue weighted by atomic mass is 9.35. The maximum absolute atomic E-state index is 12.2. The maximum Gasteiger partial charge on any atom is 0.302 e. The van der Waals surface area contributed by atoms with Crippen LogP contribution in [-0.4, -0.2) is 12.1 Å². The minimum atomic E-state index is -0.221. The maximum atomic E-state index is 12.2. The summed E-state index contributed by atoms with van der Waals surface area (Å²) < 4.78 is 12.3. The van der Waals surface area contributed by atoms with Crippen molar-refractivity contribution in [3.63, 3.8) is 0 Å². The molecule has 1 aromatic rings. The van der Waals surface area contributed by atoms with E-state index in [0.29, 0.717) is 22.7 Å². The quantitative estimate of drug-likeness (QED) is 0.483. The van der Waals surface area contributed by atoms with Gasteiger partial charge in [0.1, 0.15) is 11.9 Å². The molecule has 0 spiro atoms. The van der Waals surface area contributed by atoms with Gasteiger partial charge >= 0.3 is 5.97 Å². The van der Waals surface area contributed by atoms with Crippen LogP contribution in [-0.2, 0) is 21.4 Å². The molecule has 4 aliphatic carbocycles. The minimum Gasteiger partial charge on any atom is -0.468 e. The first-order chi connectivity index (χ1) is 14.0. The molecule has 4 aliphatic rings. The third kappa shape index (κ3) is 2.53. The molecule has 166 valence electrons. The fourth-order valence-electron chi connectivity index (χ4n) is 9.62. The summed E-state index contributed by atoms with van der Waals surface area (Å²) in [4.78, 5) is 12.2. The molecule has 0 amide bonds. The van der Waals surface area contributed by atoms with Crippen molar-refractivity contribution >= 4 is 5.97 Å². The van der Waals surface area contributed by atoms with Crippen LogP contribution in [0.15, 0.2) is 16.7 Å². The number of hydrogen-bond donors (Lipinski definition) is 0. The zero-order chi connectivity index (χ0) is 21.5. The van der Waals surface area contributed by atoms with E-state index in [1.807, 2.05) is 6.26 Å². The first kappa shape index (κ1) is 20.6. The van der Waals surface area contributed by atoms with E-state index in [9.17, 15) is 4.79 Å². The number of fused-ring (bicyclic) bond motifs is 7. The van der Waals surface area contributed by atoms with Crippen LogP contribution in [0.4, 0.5) is 0 Å². The summed E-state index contributed by atoms with van der Waals surface area (Å²) in [6, 6.07) is 2.14. The summed E-state index contributed by atoms with van der Waals surface area (Å²) in [5.74, 6) is 2.81. The average Bonchev–Trinajstić information content (AvgIpc) is 3.12. The third-order valence-electron chi connectivity index (χ3n) is 10.7. The lowest BCUT2D eigenvalue weighted by Crippen LogP contribution is -2.66. The molecule has 1 heterocycles. The predicted molar refractivity (Wildman–Crippen MR) is 118 cm³/mol. The zero-order valence-corrected chi connectivity index (χ0v) is 19.8. The summed E-state index contributed by atoms with van der Waals surface area (Å²) in [6.07, 6.45) is 11.6. The predicted octanol–water partition coefficient (Wildman–Crippen LogP) is 6.68. The number of carbonyl (C=O) groups is 1. The highest BCUT2D eigenvalue weighted by molar-refractivity contribution is 5.66. The van der Waals surface area contributed by atoms with Gasteiger partial charge < -0.3 is 9.15 Å². The van der Waals surface area contributed by atoms with Crippen LogP contribution in [0, 0.1) is 34.0 Å². The van der Waals surface area contributed by atoms with E-state index in [1.54, 1.807) is 6.92 Å². The fraction of sp³-hybridized carbons (Fsp3) is 0.815. The summed E-state index contributed by atoms with van der Waals surface area (Å²) >= 11 is 0. The fourth-order valence-corrected chi connectivity index (χ4v) is 9.62. The molecule has 0 aromatic carbocycles. The molecule has 0 aliphatic heterocycles. The second-order valence-electron chi connectivity index (χ2n) is 12.5. The number of esters is 1. The molecule has 0 N–H and O–H groups in total. The lowest BCUT2D eigenvalue weighted by Gasteiger charge is -2.69. The second kappa shape index (κ2) is 6.39. The first-order valence-electron chi connectivity index (χ1n) is 12.3. The summed E-state index contributed by atoms with van der Waals surface area (Å²) in [5, 5.41) is 0. The van der Waals surface area contributed by atoms with Gasteiger partial charge in [0, 0.05) is 6.92 Å². The van der Waals surface area contributed by atoms with E-state index < -0.39 is 0 Å². The zero-order valence-electron chi connectivity index (χ0n) is 19.8. The van der Waals surface area contributed by atoms with Crippen molar-refractivity contribution < 1.29 is 13.9 Å². The van der Waals surface area contributed by atoms with Crippen LogP contribution in [0.25, 0.3) is 0 Å². The topological polar surface area (TPSA) is 39.4 Å². The Morgan fingerprint density at radius 3 is 2.47 bits per heavy atom. The number of rotatable bonds is 1. The van der Waals surface area contributed by atoms with Gasteiger partial charge in [0.2, 0.25) is 0 Å². The molecule has 3 saturated carbocycles. The molecule has 1 aromatic heterocycles. The summed E-state index contributed by atoms with van der Waals surface area (Å²) in [6.45, 7) is 14.1. The minimum absolute atomic E-state index is 0.0936. The normalized spacial score (nSPS) is 46.7. The van der Waals surface area contributed by atoms with Crippen molar-refractivity contribution in [2.24, 2.45) is 34.0 Å². The van der Waals surface area contributed by atoms with Gasteiger partial charge in [-0.1, -0.05) is 34.1 Å². The van der Waals surface area contributed by atoms with Gasteiger partial charge in [-0.3, -0.25) is 4.79 Å². The molecule has 0 bridgehead atoms. The highest BCUT2D eigenvalue weighted by atomic mass is 16.5. The molecular formula is C27H40O3. The van der Waals surface area contributed by atoms with Crippen LogP contribution < -0.4 is 0 Å². The number of furan rings is 1. The van der Waals surface area contributed by atoms with Crippen LogP contribution in [0.3, 0.4) is 0 Å². The number of aryl methyl sites for hydroxylation is 1. The molecule has 30 heavy (non-hydrogen) atoms. The molecule has 3 unspecified atom stereocenters. The Kier molecular flexibility index (Phi) is 4.40. The van der Waals surface area contributed by atoms with E-state index in [0.717, 1.165) is 24.5 Å². The molecule has 3 nitrogen and oxygen atoms in total. The van der Waals surface area contributed by atoms with E-state index in [4.69, 9.17) is 9.15 Å². The van der Waals surface area contributed by atoms with Gasteiger partial charge in [0.25, 0.3) is 0 Å².